The summed E-state index contributed by atoms with van der Waals surface area (Å²) >= 11 is 0. The van der Waals surface area contributed by atoms with Crippen LogP contribution in [0.3, 0.4) is 0 Å². The van der Waals surface area contributed by atoms with Gasteiger partial charge in [0.2, 0.25) is 0 Å². The van der Waals surface area contributed by atoms with Crippen LogP contribution >= 0.6 is 0 Å². The number of aromatic nitrogens is 6. The molecule has 30 rings (SSSR count). The van der Waals surface area contributed by atoms with E-state index in [4.69, 9.17) is 19.8 Å². The third kappa shape index (κ3) is 12.1. The van der Waals surface area contributed by atoms with Crippen molar-refractivity contribution >= 4 is 202 Å². The second-order valence-corrected chi connectivity index (χ2v) is 36.0. The molecular formula is C129H75N9O3. The highest BCUT2D eigenvalue weighted by atomic mass is 16.3. The van der Waals surface area contributed by atoms with Gasteiger partial charge >= 0.3 is 0 Å². The molecule has 9 heterocycles. The Hall–Kier alpha value is -19.7. The van der Waals surface area contributed by atoms with Gasteiger partial charge < -0.3 is 40.7 Å². The summed E-state index contributed by atoms with van der Waals surface area (Å²) in [7, 11) is 0. The minimum atomic E-state index is 0.598. The molecule has 654 valence electrons. The highest BCUT2D eigenvalue weighted by molar-refractivity contribution is 6.27. The van der Waals surface area contributed by atoms with E-state index in [1.807, 2.05) is 72.8 Å². The van der Waals surface area contributed by atoms with Crippen molar-refractivity contribution in [2.45, 2.75) is 0 Å². The Labute approximate surface area is 805 Å². The third-order valence-corrected chi connectivity index (χ3v) is 28.7. The Balaban J connectivity index is 0.000000104. The SMILES string of the molecule is N#Cc1ccc(-c2ccccc2-n2c3ccccc3c3ccccc32)c(-n2c3ccccc3c3ccc4c5ccccc5oc4c32)c1.N#Cc1ccc(-n2c3ccccc3c3ccc4oc5ccccc5c4c32)c(-c2ccccc2-n2c3ccccc3c3ccccc32)c1.[C-]#[N+]c1cccc(-n2c3ccccc3c3cc4c(cc32)oc2ccccc24)c1-c1ccccc1-n1c2ccccc2c2ccccc21. The molecule has 30 aromatic rings. The van der Waals surface area contributed by atoms with Crippen LogP contribution in [0.4, 0.5) is 5.69 Å². The van der Waals surface area contributed by atoms with Crippen molar-refractivity contribution in [2.24, 2.45) is 0 Å². The van der Waals surface area contributed by atoms with Crippen LogP contribution in [0.25, 0.3) is 269 Å². The van der Waals surface area contributed by atoms with Gasteiger partial charge in [0.25, 0.3) is 0 Å². The van der Waals surface area contributed by atoms with Crippen LogP contribution in [-0.4, -0.2) is 27.4 Å². The van der Waals surface area contributed by atoms with E-state index in [-0.39, 0.29) is 0 Å². The molecule has 0 bridgehead atoms. The zero-order chi connectivity index (χ0) is 93.2. The summed E-state index contributed by atoms with van der Waals surface area (Å²) in [5.41, 5.74) is 32.2. The molecule has 0 aliphatic heterocycles. The molecule has 0 saturated carbocycles. The molecule has 12 nitrogen and oxygen atoms in total. The smallest absolute Gasteiger partial charge is 0.197 e. The lowest BCUT2D eigenvalue weighted by Gasteiger charge is -2.19. The van der Waals surface area contributed by atoms with Crippen LogP contribution in [0, 0.1) is 29.2 Å². The average Bonchev–Trinajstić information content (AvgIpc) is 1.56. The first-order valence-electron chi connectivity index (χ1n) is 47.3. The normalized spacial score (nSPS) is 11.8. The van der Waals surface area contributed by atoms with E-state index < -0.39 is 0 Å². The van der Waals surface area contributed by atoms with Crippen LogP contribution in [-0.2, 0) is 0 Å². The molecule has 0 saturated heterocycles. The number of para-hydroxylation sites is 15. The highest BCUT2D eigenvalue weighted by Crippen LogP contribution is 2.51. The summed E-state index contributed by atoms with van der Waals surface area (Å²) in [5.74, 6) is 0. The van der Waals surface area contributed by atoms with Crippen molar-refractivity contribution in [1.29, 1.82) is 10.5 Å². The molecule has 141 heavy (non-hydrogen) atoms. The molecule has 0 radical (unpaired) electrons. The summed E-state index contributed by atoms with van der Waals surface area (Å²) in [6.07, 6.45) is 0. The van der Waals surface area contributed by atoms with Crippen molar-refractivity contribution in [1.82, 2.24) is 27.4 Å². The van der Waals surface area contributed by atoms with Crippen molar-refractivity contribution in [3.05, 3.63) is 478 Å². The van der Waals surface area contributed by atoms with Gasteiger partial charge in [0.05, 0.1) is 130 Å². The fourth-order valence-corrected chi connectivity index (χ4v) is 22.8. The van der Waals surface area contributed by atoms with E-state index in [1.165, 1.54) is 37.7 Å². The van der Waals surface area contributed by atoms with Crippen LogP contribution in [0.1, 0.15) is 11.1 Å². The molecule has 21 aromatic carbocycles. The van der Waals surface area contributed by atoms with Gasteiger partial charge in [0, 0.05) is 131 Å². The number of hydrogen-bond donors (Lipinski definition) is 0. The van der Waals surface area contributed by atoms with Gasteiger partial charge in [-0.2, -0.15) is 10.5 Å². The minimum absolute atomic E-state index is 0.598. The van der Waals surface area contributed by atoms with Gasteiger partial charge in [-0.25, -0.2) is 4.85 Å². The Morgan fingerprint density at radius 3 is 1.05 bits per heavy atom. The van der Waals surface area contributed by atoms with Crippen LogP contribution in [0.5, 0.6) is 0 Å². The predicted molar refractivity (Wildman–Crippen MR) is 579 cm³/mol. The number of rotatable bonds is 9. The molecule has 0 atom stereocenters. The summed E-state index contributed by atoms with van der Waals surface area (Å²) < 4.78 is 33.5. The van der Waals surface area contributed by atoms with E-state index in [1.54, 1.807) is 0 Å². The molecule has 0 aliphatic carbocycles. The van der Waals surface area contributed by atoms with E-state index in [9.17, 15) is 10.5 Å². The standard InChI is InChI=1S/3C43H25N3O/c1-44-34-18-12-23-39(43(34)31-17-5-10-22-38(31)45-35-19-7-2-13-27(35)28-14-3-8-20-36(28)45)46-37-21-9-4-15-29(37)32-25-33-30-16-6-11-24-41(30)47-42(33)26-40(32)46;44-26-27-21-23-39(46-38-19-9-3-13-30(38)32-22-24-41-42(43(32)46)33-15-5-10-20-40(33)47-41)34(25-27)31-14-4-8-18-37(31)45-35-16-6-1-11-28(35)29-12-2-7-17-36(29)45;44-26-27-21-22-32(30-13-3-8-18-38(30)45-36-16-6-1-11-28(36)29-12-2-7-17-37(29)45)40(25-27)46-39-19-9-4-14-31(39)34-23-24-35-33-15-5-10-20-41(33)47-43(35)42(34)46/h2-26H;2*1-25H. The molecule has 0 amide bonds. The average molecular weight is 1800 g/mol. The molecule has 9 aromatic heterocycles. The largest absolute Gasteiger partial charge is 0.456 e. The number of hydrogen-bond acceptors (Lipinski definition) is 5. The summed E-state index contributed by atoms with van der Waals surface area (Å²) in [6, 6.07) is 163. The van der Waals surface area contributed by atoms with Gasteiger partial charge in [0.15, 0.2) is 11.3 Å². The molecule has 0 N–H and O–H groups in total. The monoisotopic (exact) mass is 1800 g/mol. The van der Waals surface area contributed by atoms with E-state index in [2.05, 4.69) is 427 Å². The van der Waals surface area contributed by atoms with Crippen LogP contribution in [0.2, 0.25) is 0 Å². The van der Waals surface area contributed by atoms with Gasteiger partial charge in [-0.1, -0.05) is 297 Å². The van der Waals surface area contributed by atoms with Crippen LogP contribution in [0.15, 0.2) is 468 Å². The number of nitriles is 2. The Morgan fingerprint density at radius 1 is 0.199 bits per heavy atom. The zero-order valence-electron chi connectivity index (χ0n) is 75.6. The van der Waals surface area contributed by atoms with E-state index >= 15 is 0 Å². The second-order valence-electron chi connectivity index (χ2n) is 36.0. The summed E-state index contributed by atoms with van der Waals surface area (Å²) in [5, 5.41) is 41.0. The number of fused-ring (bicyclic) bond motifs is 29. The van der Waals surface area contributed by atoms with Gasteiger partial charge in [-0.3, -0.25) is 0 Å². The summed E-state index contributed by atoms with van der Waals surface area (Å²) in [6.45, 7) is 8.35. The molecule has 0 aliphatic rings. The Kier molecular flexibility index (Phi) is 18.0. The topological polar surface area (TPSA) is 121 Å². The maximum Gasteiger partial charge on any atom is 0.197 e. The Bertz CT molecular complexity index is 10500. The molecule has 0 fully saturated rings. The fraction of sp³-hybridized carbons (Fsp3) is 0. The predicted octanol–water partition coefficient (Wildman–Crippen LogP) is 34.6. The zero-order valence-corrected chi connectivity index (χ0v) is 75.6. The lowest BCUT2D eigenvalue weighted by molar-refractivity contribution is 0.669. The summed E-state index contributed by atoms with van der Waals surface area (Å²) in [4.78, 5) is 4.11. The fourth-order valence-electron chi connectivity index (χ4n) is 22.8. The van der Waals surface area contributed by atoms with Crippen LogP contribution < -0.4 is 0 Å². The van der Waals surface area contributed by atoms with E-state index in [0.29, 0.717) is 16.8 Å². The first kappa shape index (κ1) is 79.8. The number of furan rings is 3. The lowest BCUT2D eigenvalue weighted by atomic mass is 9.98. The highest BCUT2D eigenvalue weighted by Gasteiger charge is 2.30. The van der Waals surface area contributed by atoms with Crippen molar-refractivity contribution in [2.75, 3.05) is 0 Å². The first-order chi connectivity index (χ1) is 69.9. The van der Waals surface area contributed by atoms with Gasteiger partial charge in [-0.05, 0) is 157 Å². The van der Waals surface area contributed by atoms with Gasteiger partial charge in [-0.15, -0.1) is 0 Å². The van der Waals surface area contributed by atoms with Crippen molar-refractivity contribution < 1.29 is 13.3 Å². The molecular weight excluding hydrogens is 1720 g/mol. The molecule has 12 heteroatoms. The minimum Gasteiger partial charge on any atom is -0.456 e. The third-order valence-electron chi connectivity index (χ3n) is 28.7. The number of nitrogens with zero attached hydrogens (tertiary/aromatic N) is 9. The first-order valence-corrected chi connectivity index (χ1v) is 47.3. The van der Waals surface area contributed by atoms with E-state index in [0.717, 1.165) is 226 Å². The lowest BCUT2D eigenvalue weighted by Crippen LogP contribution is -2.02. The quantitative estimate of drug-likeness (QED) is 0.133. The maximum atomic E-state index is 10.2. The maximum absolute atomic E-state index is 10.2. The Morgan fingerprint density at radius 2 is 0.539 bits per heavy atom. The van der Waals surface area contributed by atoms with Crippen molar-refractivity contribution in [3.8, 4) is 79.6 Å². The molecule has 0 unspecified atom stereocenters. The molecule has 0 spiro atoms. The van der Waals surface area contributed by atoms with Gasteiger partial charge in [0.1, 0.15) is 27.9 Å². The second kappa shape index (κ2) is 31.7. The van der Waals surface area contributed by atoms with Crippen molar-refractivity contribution in [3.63, 3.8) is 0 Å². The number of benzene rings is 21.